The highest BCUT2D eigenvalue weighted by atomic mass is 19.1. The third-order valence-electron chi connectivity index (χ3n) is 3.70. The van der Waals surface area contributed by atoms with Crippen molar-refractivity contribution < 1.29 is 13.9 Å². The van der Waals surface area contributed by atoms with E-state index in [0.29, 0.717) is 12.5 Å². The van der Waals surface area contributed by atoms with E-state index in [9.17, 15) is 9.18 Å². The third kappa shape index (κ3) is 2.61. The first-order valence-electron chi connectivity index (χ1n) is 6.93. The van der Waals surface area contributed by atoms with E-state index in [0.717, 1.165) is 11.3 Å². The number of nitrogens with zero attached hydrogens (tertiary/aromatic N) is 1. The highest BCUT2D eigenvalue weighted by Gasteiger charge is 2.29. The molecule has 3 rings (SSSR count). The predicted octanol–water partition coefficient (Wildman–Crippen LogP) is 3.35. The number of hydrogen-bond donors (Lipinski definition) is 0. The molecule has 0 saturated heterocycles. The Hall–Kier alpha value is -2.36. The molecule has 0 radical (unpaired) electrons. The number of para-hydroxylation sites is 2. The number of benzene rings is 2. The van der Waals surface area contributed by atoms with Gasteiger partial charge in [-0.05, 0) is 23.8 Å². The van der Waals surface area contributed by atoms with Gasteiger partial charge >= 0.3 is 0 Å². The Morgan fingerprint density at radius 1 is 1.24 bits per heavy atom. The Morgan fingerprint density at radius 3 is 2.76 bits per heavy atom. The van der Waals surface area contributed by atoms with Crippen LogP contribution in [0.5, 0.6) is 5.75 Å². The number of anilines is 1. The van der Waals surface area contributed by atoms with Crippen LogP contribution in [0, 0.1) is 5.82 Å². The third-order valence-corrected chi connectivity index (χ3v) is 3.70. The van der Waals surface area contributed by atoms with Gasteiger partial charge in [-0.3, -0.25) is 4.79 Å². The highest BCUT2D eigenvalue weighted by molar-refractivity contribution is 5.96. The molecule has 0 saturated carbocycles. The Kier molecular flexibility index (Phi) is 3.60. The van der Waals surface area contributed by atoms with Crippen LogP contribution >= 0.6 is 0 Å². The molecular formula is C17H16FNO2. The summed E-state index contributed by atoms with van der Waals surface area (Å²) in [6.07, 6.45) is 0. The fraction of sp³-hybridized carbons (Fsp3) is 0.235. The number of hydrogen-bond acceptors (Lipinski definition) is 2. The molecule has 1 aliphatic rings. The maximum atomic E-state index is 13.5. The molecule has 0 fully saturated rings. The first-order valence-corrected chi connectivity index (χ1v) is 6.93. The minimum atomic E-state index is -0.458. The first-order chi connectivity index (χ1) is 10.2. The van der Waals surface area contributed by atoms with Gasteiger partial charge in [0.1, 0.15) is 0 Å². The van der Waals surface area contributed by atoms with Crippen LogP contribution in [0.3, 0.4) is 0 Å². The Bertz CT molecular complexity index is 671. The molecule has 1 aliphatic heterocycles. The monoisotopic (exact) mass is 285 g/mol. The maximum absolute atomic E-state index is 13.5. The number of halogens is 1. The lowest BCUT2D eigenvalue weighted by molar-refractivity contribution is -0.120. The molecule has 1 atom stereocenters. The second kappa shape index (κ2) is 5.56. The van der Waals surface area contributed by atoms with Crippen molar-refractivity contribution in [1.29, 1.82) is 0 Å². The minimum Gasteiger partial charge on any atom is -0.481 e. The molecule has 2 aromatic rings. The van der Waals surface area contributed by atoms with Gasteiger partial charge in [-0.2, -0.15) is 0 Å². The summed E-state index contributed by atoms with van der Waals surface area (Å²) in [4.78, 5) is 14.0. The molecule has 0 bridgehead atoms. The minimum absolute atomic E-state index is 0.103. The average molecular weight is 285 g/mol. The summed E-state index contributed by atoms with van der Waals surface area (Å²) in [6, 6.07) is 13.9. The summed E-state index contributed by atoms with van der Waals surface area (Å²) in [5.41, 5.74) is 2.09. The van der Waals surface area contributed by atoms with Gasteiger partial charge in [0, 0.05) is 18.2 Å². The Morgan fingerprint density at radius 2 is 1.95 bits per heavy atom. The molecule has 1 heterocycles. The van der Waals surface area contributed by atoms with E-state index < -0.39 is 5.82 Å². The van der Waals surface area contributed by atoms with Crippen molar-refractivity contribution >= 4 is 11.6 Å². The summed E-state index contributed by atoms with van der Waals surface area (Å²) in [5, 5.41) is 0. The Labute approximate surface area is 123 Å². The van der Waals surface area contributed by atoms with Crippen molar-refractivity contribution in [3.8, 4) is 5.75 Å². The Balaban J connectivity index is 1.71. The summed E-state index contributed by atoms with van der Waals surface area (Å²) in [6.45, 7) is 2.56. The molecule has 4 heteroatoms. The van der Waals surface area contributed by atoms with Crippen molar-refractivity contribution in [1.82, 2.24) is 0 Å². The number of amides is 1. The SMILES string of the molecule is CC1CN(C(=O)COc2ccccc2F)c2ccccc21. The van der Waals surface area contributed by atoms with Gasteiger partial charge in [-0.25, -0.2) is 4.39 Å². The molecule has 1 amide bonds. The predicted molar refractivity (Wildman–Crippen MR) is 79.1 cm³/mol. The lowest BCUT2D eigenvalue weighted by Crippen LogP contribution is -2.33. The number of carbonyl (C=O) groups excluding carboxylic acids is 1. The normalized spacial score (nSPS) is 16.7. The van der Waals surface area contributed by atoms with Crippen molar-refractivity contribution in [2.24, 2.45) is 0 Å². The van der Waals surface area contributed by atoms with E-state index in [4.69, 9.17) is 4.74 Å². The molecule has 0 N–H and O–H groups in total. The molecule has 1 unspecified atom stereocenters. The van der Waals surface area contributed by atoms with Crippen LogP contribution in [0.15, 0.2) is 48.5 Å². The zero-order valence-corrected chi connectivity index (χ0v) is 11.8. The number of fused-ring (bicyclic) bond motifs is 1. The topological polar surface area (TPSA) is 29.5 Å². The molecule has 0 aliphatic carbocycles. The molecular weight excluding hydrogens is 269 g/mol. The maximum Gasteiger partial charge on any atom is 0.264 e. The molecule has 108 valence electrons. The largest absolute Gasteiger partial charge is 0.481 e. The van der Waals surface area contributed by atoms with Crippen molar-refractivity contribution in [3.05, 3.63) is 59.9 Å². The molecule has 2 aromatic carbocycles. The second-order valence-electron chi connectivity index (χ2n) is 5.18. The van der Waals surface area contributed by atoms with Gasteiger partial charge in [0.2, 0.25) is 0 Å². The van der Waals surface area contributed by atoms with Gasteiger partial charge in [0.05, 0.1) is 0 Å². The van der Waals surface area contributed by atoms with E-state index in [1.807, 2.05) is 24.3 Å². The number of carbonyl (C=O) groups is 1. The van der Waals surface area contributed by atoms with Crippen molar-refractivity contribution in [2.45, 2.75) is 12.8 Å². The van der Waals surface area contributed by atoms with Gasteiger partial charge in [-0.1, -0.05) is 37.3 Å². The van der Waals surface area contributed by atoms with E-state index in [1.54, 1.807) is 17.0 Å². The van der Waals surface area contributed by atoms with Crippen molar-refractivity contribution in [2.75, 3.05) is 18.1 Å². The smallest absolute Gasteiger partial charge is 0.264 e. The summed E-state index contributed by atoms with van der Waals surface area (Å²) in [7, 11) is 0. The van der Waals surface area contributed by atoms with Crippen LogP contribution in [0.4, 0.5) is 10.1 Å². The molecule has 0 spiro atoms. The van der Waals surface area contributed by atoms with Crippen LogP contribution in [0.25, 0.3) is 0 Å². The number of ether oxygens (including phenoxy) is 1. The summed E-state index contributed by atoms with van der Waals surface area (Å²) < 4.78 is 18.8. The van der Waals surface area contributed by atoms with Gasteiger partial charge < -0.3 is 9.64 Å². The van der Waals surface area contributed by atoms with Gasteiger partial charge in [-0.15, -0.1) is 0 Å². The van der Waals surface area contributed by atoms with E-state index in [2.05, 4.69) is 6.92 Å². The lowest BCUT2D eigenvalue weighted by atomic mass is 10.0. The van der Waals surface area contributed by atoms with E-state index in [-0.39, 0.29) is 18.3 Å². The summed E-state index contributed by atoms with van der Waals surface area (Å²) >= 11 is 0. The quantitative estimate of drug-likeness (QED) is 0.865. The highest BCUT2D eigenvalue weighted by Crippen LogP contribution is 2.35. The van der Waals surface area contributed by atoms with Crippen LogP contribution in [-0.2, 0) is 4.79 Å². The fourth-order valence-electron chi connectivity index (χ4n) is 2.64. The lowest BCUT2D eigenvalue weighted by Gasteiger charge is -2.18. The number of rotatable bonds is 3. The first kappa shape index (κ1) is 13.6. The van der Waals surface area contributed by atoms with Crippen molar-refractivity contribution in [3.63, 3.8) is 0 Å². The molecule has 3 nitrogen and oxygen atoms in total. The standard InChI is InChI=1S/C17H16FNO2/c1-12-10-19(15-8-4-2-6-13(12)15)17(20)11-21-16-9-5-3-7-14(16)18/h2-9,12H,10-11H2,1H3. The second-order valence-corrected chi connectivity index (χ2v) is 5.18. The van der Waals surface area contributed by atoms with E-state index >= 15 is 0 Å². The van der Waals surface area contributed by atoms with Crippen LogP contribution in [0.2, 0.25) is 0 Å². The van der Waals surface area contributed by atoms with E-state index in [1.165, 1.54) is 12.1 Å². The van der Waals surface area contributed by atoms with Crippen LogP contribution in [-0.4, -0.2) is 19.1 Å². The van der Waals surface area contributed by atoms with Gasteiger partial charge in [0.25, 0.3) is 5.91 Å². The molecule has 21 heavy (non-hydrogen) atoms. The zero-order chi connectivity index (χ0) is 14.8. The average Bonchev–Trinajstić information content (AvgIpc) is 2.84. The van der Waals surface area contributed by atoms with Crippen LogP contribution < -0.4 is 9.64 Å². The van der Waals surface area contributed by atoms with Crippen LogP contribution in [0.1, 0.15) is 18.4 Å². The fourth-order valence-corrected chi connectivity index (χ4v) is 2.64. The molecule has 0 aromatic heterocycles. The zero-order valence-electron chi connectivity index (χ0n) is 11.8. The van der Waals surface area contributed by atoms with Gasteiger partial charge in [0.15, 0.2) is 18.2 Å². The summed E-state index contributed by atoms with van der Waals surface area (Å²) in [5.74, 6) is -0.208.